The average Bonchev–Trinajstić information content (AvgIpc) is 3.33. The molecule has 3 amide bonds. The molecular weight excluding hydrogens is 583 g/mol. The first kappa shape index (κ1) is 29.3. The molecule has 0 radical (unpaired) electrons. The number of amides is 3. The summed E-state index contributed by atoms with van der Waals surface area (Å²) in [6.07, 6.45) is -2.59. The van der Waals surface area contributed by atoms with Crippen molar-refractivity contribution in [1.82, 2.24) is 30.8 Å². The Labute approximate surface area is 241 Å². The number of rotatable bonds is 9. The van der Waals surface area contributed by atoms with Gasteiger partial charge in [0.1, 0.15) is 29.5 Å². The van der Waals surface area contributed by atoms with E-state index in [9.17, 15) is 27.2 Å². The maximum atomic E-state index is 15.5. The number of urea groups is 1. The van der Waals surface area contributed by atoms with Crippen LogP contribution in [0, 0.1) is 11.7 Å². The van der Waals surface area contributed by atoms with Crippen LogP contribution in [-0.4, -0.2) is 70.8 Å². The molecule has 2 saturated carbocycles. The lowest BCUT2D eigenvalue weighted by molar-refractivity contribution is -0.150. The van der Waals surface area contributed by atoms with Gasteiger partial charge in [0.15, 0.2) is 17.1 Å². The van der Waals surface area contributed by atoms with Gasteiger partial charge < -0.3 is 24.7 Å². The fraction of sp³-hybridized carbons (Fsp3) is 0.593. The van der Waals surface area contributed by atoms with Crippen molar-refractivity contribution in [3.63, 3.8) is 0 Å². The molecular formula is C27H29F5N6O5. The average molecular weight is 613 g/mol. The van der Waals surface area contributed by atoms with Crippen LogP contribution in [0.3, 0.4) is 0 Å². The fourth-order valence-corrected chi connectivity index (χ4v) is 5.87. The van der Waals surface area contributed by atoms with Gasteiger partial charge in [0.2, 0.25) is 5.89 Å². The van der Waals surface area contributed by atoms with Gasteiger partial charge in [-0.2, -0.15) is 13.2 Å². The van der Waals surface area contributed by atoms with E-state index in [-0.39, 0.29) is 59.5 Å². The maximum absolute atomic E-state index is 15.5. The molecule has 3 fully saturated rings. The molecule has 11 nitrogen and oxygen atoms in total. The number of nitrogens with zero attached hydrogens (tertiary/aromatic N) is 4. The number of nitrogens with one attached hydrogen (secondary N) is 2. The highest BCUT2D eigenvalue weighted by Gasteiger charge is 2.48. The molecule has 232 valence electrons. The monoisotopic (exact) mass is 612 g/mol. The van der Waals surface area contributed by atoms with Crippen molar-refractivity contribution in [2.75, 3.05) is 20.3 Å². The number of aromatic nitrogens is 3. The summed E-state index contributed by atoms with van der Waals surface area (Å²) in [6, 6.07) is -2.52. The number of carbonyl (C=O) groups excluding carboxylic acids is 2. The Hall–Kier alpha value is -3.82. The minimum absolute atomic E-state index is 0.0227. The van der Waals surface area contributed by atoms with Crippen molar-refractivity contribution < 1.29 is 45.3 Å². The summed E-state index contributed by atoms with van der Waals surface area (Å²) in [5.41, 5.74) is 0.401. The molecule has 0 unspecified atom stereocenters. The van der Waals surface area contributed by atoms with Crippen LogP contribution in [0.5, 0.6) is 0 Å². The number of fused-ring (bicyclic) bond motifs is 1. The number of carbonyl (C=O) groups is 2. The third kappa shape index (κ3) is 5.88. The number of hydrogen-bond donors (Lipinski definition) is 2. The SMILES string of the molecule is COC[C@H](c1cc(F)c2oc([C@@H](NC(=O)c3nonc3C3CC3)C3CCC(F)CC3)nc2c1)N1C[C@@H](C(F)(F)F)NC1=O. The van der Waals surface area contributed by atoms with Crippen LogP contribution in [-0.2, 0) is 4.74 Å². The van der Waals surface area contributed by atoms with Gasteiger partial charge >= 0.3 is 12.2 Å². The van der Waals surface area contributed by atoms with Crippen LogP contribution in [0.2, 0.25) is 0 Å². The summed E-state index contributed by atoms with van der Waals surface area (Å²) in [7, 11) is 1.31. The van der Waals surface area contributed by atoms with Crippen molar-refractivity contribution in [2.24, 2.45) is 5.92 Å². The lowest BCUT2D eigenvalue weighted by Gasteiger charge is -2.30. The minimum atomic E-state index is -4.67. The van der Waals surface area contributed by atoms with Crippen molar-refractivity contribution in [3.05, 3.63) is 40.8 Å². The Morgan fingerprint density at radius 2 is 1.93 bits per heavy atom. The Balaban J connectivity index is 1.32. The van der Waals surface area contributed by atoms with Crippen LogP contribution in [0.4, 0.5) is 26.7 Å². The van der Waals surface area contributed by atoms with Gasteiger partial charge in [0.25, 0.3) is 5.91 Å². The highest BCUT2D eigenvalue weighted by Crippen LogP contribution is 2.41. The summed E-state index contributed by atoms with van der Waals surface area (Å²) in [5.74, 6) is -1.68. The first-order valence-electron chi connectivity index (χ1n) is 14.0. The molecule has 3 aromatic rings. The molecule has 3 heterocycles. The van der Waals surface area contributed by atoms with E-state index >= 15 is 4.39 Å². The smallest absolute Gasteiger partial charge is 0.410 e. The van der Waals surface area contributed by atoms with E-state index in [1.165, 1.54) is 13.2 Å². The molecule has 2 N–H and O–H groups in total. The second-order valence-corrected chi connectivity index (χ2v) is 11.3. The number of methoxy groups -OCH3 is 1. The third-order valence-corrected chi connectivity index (χ3v) is 8.32. The van der Waals surface area contributed by atoms with E-state index in [0.717, 1.165) is 23.8 Å². The van der Waals surface area contributed by atoms with Crippen LogP contribution in [0.25, 0.3) is 11.1 Å². The summed E-state index contributed by atoms with van der Waals surface area (Å²) in [4.78, 5) is 31.2. The second-order valence-electron chi connectivity index (χ2n) is 11.3. The molecule has 1 aliphatic heterocycles. The van der Waals surface area contributed by atoms with Crippen LogP contribution in [0.15, 0.2) is 21.2 Å². The van der Waals surface area contributed by atoms with Crippen molar-refractivity contribution in [3.8, 4) is 0 Å². The number of hydrogen-bond acceptors (Lipinski definition) is 8. The number of oxazole rings is 1. The summed E-state index contributed by atoms with van der Waals surface area (Å²) >= 11 is 0. The standard InChI is InChI=1S/C27H29F5N6O5/c1-41-11-18(38-10-19(27(30,31)32)34-26(38)40)14-8-16(29)23-17(9-14)33-25(42-23)21(13-4-6-15(28)7-5-13)35-24(39)22-20(12-2-3-12)36-43-37-22/h8-9,12-13,15,18-19,21H,2-7,10-11H2,1H3,(H,34,40)(H,35,39)/t13?,15?,18-,19+,21+/m1/s1. The van der Waals surface area contributed by atoms with Gasteiger partial charge in [-0.3, -0.25) is 4.79 Å². The molecule has 16 heteroatoms. The Bertz CT molecular complexity index is 1500. The van der Waals surface area contributed by atoms with Crippen LogP contribution < -0.4 is 10.6 Å². The molecule has 2 aliphatic carbocycles. The van der Waals surface area contributed by atoms with Crippen LogP contribution in [0.1, 0.15) is 84.2 Å². The van der Waals surface area contributed by atoms with Crippen molar-refractivity contribution in [2.45, 2.75) is 74.9 Å². The molecule has 1 aromatic carbocycles. The highest BCUT2D eigenvalue weighted by atomic mass is 19.4. The van der Waals surface area contributed by atoms with E-state index in [1.807, 2.05) is 5.32 Å². The van der Waals surface area contributed by atoms with E-state index in [4.69, 9.17) is 13.8 Å². The van der Waals surface area contributed by atoms with Gasteiger partial charge in [-0.15, -0.1) is 0 Å². The Morgan fingerprint density at radius 3 is 2.58 bits per heavy atom. The Kier molecular flexibility index (Phi) is 7.73. The van der Waals surface area contributed by atoms with E-state index < -0.39 is 54.8 Å². The predicted molar refractivity (Wildman–Crippen MR) is 137 cm³/mol. The Morgan fingerprint density at radius 1 is 1.19 bits per heavy atom. The number of ether oxygens (including phenoxy) is 1. The largest absolute Gasteiger partial charge is 0.435 e. The summed E-state index contributed by atoms with van der Waals surface area (Å²) in [5, 5.41) is 12.4. The number of halogens is 5. The van der Waals surface area contributed by atoms with Gasteiger partial charge in [-0.05, 0) is 67.3 Å². The predicted octanol–water partition coefficient (Wildman–Crippen LogP) is 4.87. The molecule has 0 spiro atoms. The number of benzene rings is 1. The molecule has 2 aromatic heterocycles. The summed E-state index contributed by atoms with van der Waals surface area (Å²) < 4.78 is 85.2. The minimum Gasteiger partial charge on any atom is -0.435 e. The molecule has 3 atom stereocenters. The molecule has 1 saturated heterocycles. The quantitative estimate of drug-likeness (QED) is 0.327. The zero-order valence-corrected chi connectivity index (χ0v) is 23.0. The normalized spacial score (nSPS) is 24.3. The van der Waals surface area contributed by atoms with Crippen molar-refractivity contribution in [1.29, 1.82) is 0 Å². The molecule has 6 rings (SSSR count). The lowest BCUT2D eigenvalue weighted by Crippen LogP contribution is -2.40. The van der Waals surface area contributed by atoms with E-state index in [0.29, 0.717) is 18.5 Å². The topological polar surface area (TPSA) is 136 Å². The molecule has 0 bridgehead atoms. The zero-order valence-electron chi connectivity index (χ0n) is 23.0. The van der Waals surface area contributed by atoms with Gasteiger partial charge in [0.05, 0.1) is 19.2 Å². The fourth-order valence-electron chi connectivity index (χ4n) is 5.87. The van der Waals surface area contributed by atoms with Crippen molar-refractivity contribution >= 4 is 23.0 Å². The third-order valence-electron chi connectivity index (χ3n) is 8.32. The molecule has 3 aliphatic rings. The zero-order chi connectivity index (χ0) is 30.5. The first-order chi connectivity index (χ1) is 20.5. The van der Waals surface area contributed by atoms with E-state index in [1.54, 1.807) is 0 Å². The molecule has 43 heavy (non-hydrogen) atoms. The van der Waals surface area contributed by atoms with Gasteiger partial charge in [-0.1, -0.05) is 5.16 Å². The summed E-state index contributed by atoms with van der Waals surface area (Å²) in [6.45, 7) is -0.904. The van der Waals surface area contributed by atoms with Gasteiger partial charge in [-0.25, -0.2) is 23.2 Å². The highest BCUT2D eigenvalue weighted by molar-refractivity contribution is 5.93. The van der Waals surface area contributed by atoms with Crippen LogP contribution >= 0.6 is 0 Å². The second kappa shape index (κ2) is 11.4. The first-order valence-corrected chi connectivity index (χ1v) is 14.0. The maximum Gasteiger partial charge on any atom is 0.410 e. The van der Waals surface area contributed by atoms with E-state index in [2.05, 4.69) is 20.6 Å². The lowest BCUT2D eigenvalue weighted by atomic mass is 9.83. The number of alkyl halides is 4. The van der Waals surface area contributed by atoms with Gasteiger partial charge in [0, 0.05) is 13.0 Å².